The maximum atomic E-state index is 12.9. The highest BCUT2D eigenvalue weighted by molar-refractivity contribution is 8.01. The topological polar surface area (TPSA) is 90.1 Å². The first-order valence-corrected chi connectivity index (χ1v) is 9.19. The van der Waals surface area contributed by atoms with Gasteiger partial charge in [-0.1, -0.05) is 11.3 Å². The van der Waals surface area contributed by atoms with Crippen LogP contribution in [0.5, 0.6) is 0 Å². The molecule has 0 saturated carbocycles. The number of nitrogens with one attached hydrogen (secondary N) is 1. The highest BCUT2D eigenvalue weighted by atomic mass is 32.2. The van der Waals surface area contributed by atoms with Crippen molar-refractivity contribution in [3.8, 4) is 0 Å². The second-order valence-electron chi connectivity index (χ2n) is 5.29. The summed E-state index contributed by atoms with van der Waals surface area (Å²) in [6.45, 7) is 1.50. The molecule has 1 aliphatic heterocycles. The Morgan fingerprint density at radius 3 is 3.04 bits per heavy atom. The van der Waals surface area contributed by atoms with E-state index in [0.29, 0.717) is 21.0 Å². The van der Waals surface area contributed by atoms with Gasteiger partial charge in [-0.3, -0.25) is 0 Å². The molecule has 1 N–H and O–H groups in total. The SMILES string of the molecule is FC(F)c1nnc2ccc(Sc3nnc(NCC4CCCO4)s3)nn12. The van der Waals surface area contributed by atoms with Gasteiger partial charge in [0, 0.05) is 13.2 Å². The molecule has 4 heterocycles. The molecular weight excluding hydrogens is 372 g/mol. The molecule has 12 heteroatoms. The van der Waals surface area contributed by atoms with Crippen LogP contribution < -0.4 is 5.32 Å². The van der Waals surface area contributed by atoms with Crippen molar-refractivity contribution in [1.82, 2.24) is 30.0 Å². The van der Waals surface area contributed by atoms with Gasteiger partial charge in [0.15, 0.2) is 9.99 Å². The largest absolute Gasteiger partial charge is 0.376 e. The first kappa shape index (κ1) is 16.5. The maximum absolute atomic E-state index is 12.9. The van der Waals surface area contributed by atoms with Crippen LogP contribution in [0, 0.1) is 0 Å². The fourth-order valence-electron chi connectivity index (χ4n) is 2.40. The summed E-state index contributed by atoms with van der Waals surface area (Å²) >= 11 is 2.62. The normalized spacial score (nSPS) is 17.6. The number of ether oxygens (including phenoxy) is 1. The first-order chi connectivity index (χ1) is 12.2. The van der Waals surface area contributed by atoms with E-state index < -0.39 is 12.2 Å². The average Bonchev–Trinajstić information content (AvgIpc) is 3.33. The number of anilines is 1. The fourth-order valence-corrected chi connectivity index (χ4v) is 4.06. The lowest BCUT2D eigenvalue weighted by molar-refractivity contribution is 0.120. The minimum Gasteiger partial charge on any atom is -0.376 e. The summed E-state index contributed by atoms with van der Waals surface area (Å²) in [6.07, 6.45) is -0.395. The molecule has 0 aromatic carbocycles. The van der Waals surface area contributed by atoms with Gasteiger partial charge in [-0.25, -0.2) is 8.78 Å². The van der Waals surface area contributed by atoms with E-state index in [1.165, 1.54) is 23.1 Å². The molecule has 132 valence electrons. The van der Waals surface area contributed by atoms with Crippen LogP contribution in [0.4, 0.5) is 13.9 Å². The Morgan fingerprint density at radius 1 is 1.32 bits per heavy atom. The Balaban J connectivity index is 1.44. The first-order valence-electron chi connectivity index (χ1n) is 7.56. The molecule has 0 aliphatic carbocycles. The quantitative estimate of drug-likeness (QED) is 0.693. The predicted molar refractivity (Wildman–Crippen MR) is 87.2 cm³/mol. The van der Waals surface area contributed by atoms with Gasteiger partial charge in [0.05, 0.1) is 6.10 Å². The molecule has 3 aromatic heterocycles. The van der Waals surface area contributed by atoms with Gasteiger partial charge < -0.3 is 10.1 Å². The number of halogens is 2. The van der Waals surface area contributed by atoms with Crippen LogP contribution in [0.15, 0.2) is 21.5 Å². The smallest absolute Gasteiger partial charge is 0.299 e. The number of rotatable bonds is 6. The van der Waals surface area contributed by atoms with Crippen molar-refractivity contribution in [3.05, 3.63) is 18.0 Å². The standard InChI is InChI=1S/C13H13F2N7OS2/c14-10(15)11-18-17-8-3-4-9(21-22(8)11)24-13-20-19-12(25-13)16-6-7-2-1-5-23-7/h3-4,7,10H,1-2,5-6H2,(H,16,19). The summed E-state index contributed by atoms with van der Waals surface area (Å²) in [5.41, 5.74) is 0.274. The third kappa shape index (κ3) is 3.70. The number of hydrogen-bond donors (Lipinski definition) is 1. The van der Waals surface area contributed by atoms with Crippen LogP contribution in [0.2, 0.25) is 0 Å². The fraction of sp³-hybridized carbons (Fsp3) is 0.462. The Labute approximate surface area is 149 Å². The summed E-state index contributed by atoms with van der Waals surface area (Å²) in [5.74, 6) is -0.478. The Kier molecular flexibility index (Phi) is 4.72. The summed E-state index contributed by atoms with van der Waals surface area (Å²) in [7, 11) is 0. The van der Waals surface area contributed by atoms with E-state index in [4.69, 9.17) is 4.74 Å². The third-order valence-electron chi connectivity index (χ3n) is 3.56. The molecule has 3 aromatic rings. The van der Waals surface area contributed by atoms with Crippen LogP contribution in [-0.4, -0.2) is 49.3 Å². The molecule has 25 heavy (non-hydrogen) atoms. The van der Waals surface area contributed by atoms with Crippen LogP contribution in [0.25, 0.3) is 5.65 Å². The van der Waals surface area contributed by atoms with Crippen molar-refractivity contribution in [3.63, 3.8) is 0 Å². The second-order valence-corrected chi connectivity index (χ2v) is 7.54. The lowest BCUT2D eigenvalue weighted by atomic mass is 10.2. The molecule has 4 rings (SSSR count). The van der Waals surface area contributed by atoms with Gasteiger partial charge in [0.2, 0.25) is 11.0 Å². The van der Waals surface area contributed by atoms with Crippen LogP contribution in [0.1, 0.15) is 25.1 Å². The van der Waals surface area contributed by atoms with E-state index in [9.17, 15) is 8.78 Å². The van der Waals surface area contributed by atoms with E-state index in [0.717, 1.165) is 24.0 Å². The maximum Gasteiger partial charge on any atom is 0.299 e. The zero-order valence-electron chi connectivity index (χ0n) is 12.8. The van der Waals surface area contributed by atoms with Crippen molar-refractivity contribution in [2.45, 2.75) is 34.7 Å². The molecule has 0 bridgehead atoms. The Morgan fingerprint density at radius 2 is 2.24 bits per heavy atom. The Bertz CT molecular complexity index is 865. The van der Waals surface area contributed by atoms with Crippen molar-refractivity contribution in [1.29, 1.82) is 0 Å². The van der Waals surface area contributed by atoms with Crippen LogP contribution >= 0.6 is 23.1 Å². The summed E-state index contributed by atoms with van der Waals surface area (Å²) in [5, 5.41) is 23.8. The summed E-state index contributed by atoms with van der Waals surface area (Å²) in [4.78, 5) is 0. The highest BCUT2D eigenvalue weighted by Gasteiger charge is 2.18. The molecule has 1 aliphatic rings. The Hall–Kier alpha value is -1.92. The monoisotopic (exact) mass is 385 g/mol. The zero-order chi connectivity index (χ0) is 17.2. The van der Waals surface area contributed by atoms with E-state index in [-0.39, 0.29) is 11.8 Å². The van der Waals surface area contributed by atoms with E-state index in [1.807, 2.05) is 0 Å². The van der Waals surface area contributed by atoms with Gasteiger partial charge in [0.1, 0.15) is 5.03 Å². The lowest BCUT2D eigenvalue weighted by Crippen LogP contribution is -2.18. The summed E-state index contributed by atoms with van der Waals surface area (Å²) in [6, 6.07) is 3.27. The second kappa shape index (κ2) is 7.14. The van der Waals surface area contributed by atoms with E-state index in [1.54, 1.807) is 12.1 Å². The number of fused-ring (bicyclic) bond motifs is 1. The molecule has 1 saturated heterocycles. The van der Waals surface area contributed by atoms with Crippen molar-refractivity contribution < 1.29 is 13.5 Å². The van der Waals surface area contributed by atoms with Gasteiger partial charge in [-0.15, -0.1) is 20.4 Å². The minimum atomic E-state index is -2.74. The molecule has 0 radical (unpaired) electrons. The van der Waals surface area contributed by atoms with Crippen LogP contribution in [-0.2, 0) is 4.74 Å². The molecule has 1 atom stereocenters. The van der Waals surface area contributed by atoms with Gasteiger partial charge in [-0.2, -0.15) is 9.61 Å². The molecule has 0 amide bonds. The number of nitrogens with zero attached hydrogens (tertiary/aromatic N) is 6. The molecule has 1 unspecified atom stereocenters. The number of hydrogen-bond acceptors (Lipinski definition) is 9. The highest BCUT2D eigenvalue weighted by Crippen LogP contribution is 2.31. The third-order valence-corrected chi connectivity index (χ3v) is 5.42. The summed E-state index contributed by atoms with van der Waals surface area (Å²) < 4.78 is 33.0. The van der Waals surface area contributed by atoms with E-state index in [2.05, 4.69) is 30.8 Å². The van der Waals surface area contributed by atoms with Gasteiger partial charge >= 0.3 is 0 Å². The molecular formula is C13H13F2N7OS2. The zero-order valence-corrected chi connectivity index (χ0v) is 14.4. The van der Waals surface area contributed by atoms with Crippen molar-refractivity contribution >= 4 is 33.9 Å². The lowest BCUT2D eigenvalue weighted by Gasteiger charge is -2.08. The average molecular weight is 385 g/mol. The van der Waals surface area contributed by atoms with Gasteiger partial charge in [-0.05, 0) is 36.7 Å². The van der Waals surface area contributed by atoms with Crippen LogP contribution in [0.3, 0.4) is 0 Å². The molecule has 0 spiro atoms. The van der Waals surface area contributed by atoms with E-state index >= 15 is 0 Å². The minimum absolute atomic E-state index is 0.214. The number of alkyl halides is 2. The van der Waals surface area contributed by atoms with Crippen molar-refractivity contribution in [2.75, 3.05) is 18.5 Å². The van der Waals surface area contributed by atoms with Gasteiger partial charge in [0.25, 0.3) is 6.43 Å². The molecule has 8 nitrogen and oxygen atoms in total. The number of aromatic nitrogens is 6. The molecule has 1 fully saturated rings. The van der Waals surface area contributed by atoms with Crippen molar-refractivity contribution in [2.24, 2.45) is 0 Å². The predicted octanol–water partition coefficient (Wildman–Crippen LogP) is 2.66.